The summed E-state index contributed by atoms with van der Waals surface area (Å²) in [7, 11) is -3.54. The average molecular weight is 429 g/mol. The number of rotatable bonds is 7. The Morgan fingerprint density at radius 1 is 1.07 bits per heavy atom. The van der Waals surface area contributed by atoms with Crippen molar-refractivity contribution < 1.29 is 17.6 Å². The highest BCUT2D eigenvalue weighted by molar-refractivity contribution is 7.89. The zero-order valence-corrected chi connectivity index (χ0v) is 17.9. The molecule has 0 aliphatic heterocycles. The number of hydrogen-bond acceptors (Lipinski definition) is 5. The van der Waals surface area contributed by atoms with Crippen LogP contribution in [-0.4, -0.2) is 31.7 Å². The normalized spacial score (nSPS) is 12.8. The summed E-state index contributed by atoms with van der Waals surface area (Å²) in [6, 6.07) is 13.9. The fourth-order valence-electron chi connectivity index (χ4n) is 3.21. The first-order chi connectivity index (χ1) is 14.3. The standard InChI is InChI=1S/C22H24N2O5S/c1-4-24(5-2)30(27,28)17-12-10-16(11-13-17)15(3)23-22(26)21-14-19(25)18-8-6-7-9-20(18)29-21/h6-15H,4-5H2,1-3H3,(H,23,26). The predicted octanol–water partition coefficient (Wildman–Crippen LogP) is 3.31. The van der Waals surface area contributed by atoms with Crippen molar-refractivity contribution in [3.63, 3.8) is 0 Å². The van der Waals surface area contributed by atoms with E-state index in [1.807, 2.05) is 0 Å². The molecule has 1 amide bonds. The van der Waals surface area contributed by atoms with Gasteiger partial charge in [0.25, 0.3) is 5.91 Å². The van der Waals surface area contributed by atoms with E-state index in [-0.39, 0.29) is 16.1 Å². The second-order valence-electron chi connectivity index (χ2n) is 6.82. The number of amides is 1. The Bertz CT molecular complexity index is 1210. The molecule has 1 unspecified atom stereocenters. The van der Waals surface area contributed by atoms with Gasteiger partial charge >= 0.3 is 0 Å². The summed E-state index contributed by atoms with van der Waals surface area (Å²) in [5.41, 5.74) is 0.777. The van der Waals surface area contributed by atoms with Gasteiger partial charge < -0.3 is 9.73 Å². The van der Waals surface area contributed by atoms with Crippen LogP contribution >= 0.6 is 0 Å². The Kier molecular flexibility index (Phi) is 6.38. The van der Waals surface area contributed by atoms with Crippen molar-refractivity contribution in [3.8, 4) is 0 Å². The van der Waals surface area contributed by atoms with Crippen LogP contribution in [0.25, 0.3) is 11.0 Å². The smallest absolute Gasteiger partial charge is 0.287 e. The zero-order chi connectivity index (χ0) is 21.9. The molecule has 0 aliphatic carbocycles. The van der Waals surface area contributed by atoms with E-state index >= 15 is 0 Å². The highest BCUT2D eigenvalue weighted by atomic mass is 32.2. The van der Waals surface area contributed by atoms with Crippen molar-refractivity contribution in [1.82, 2.24) is 9.62 Å². The molecule has 3 aromatic rings. The highest BCUT2D eigenvalue weighted by Gasteiger charge is 2.22. The van der Waals surface area contributed by atoms with Crippen LogP contribution < -0.4 is 10.7 Å². The fraction of sp³-hybridized carbons (Fsp3) is 0.273. The van der Waals surface area contributed by atoms with Crippen molar-refractivity contribution in [3.05, 3.63) is 76.1 Å². The van der Waals surface area contributed by atoms with Crippen LogP contribution in [0.2, 0.25) is 0 Å². The number of benzene rings is 2. The molecule has 1 N–H and O–H groups in total. The van der Waals surface area contributed by atoms with Gasteiger partial charge in [0.05, 0.1) is 16.3 Å². The van der Waals surface area contributed by atoms with Crippen LogP contribution in [0.15, 0.2) is 68.7 Å². The third kappa shape index (κ3) is 4.29. The van der Waals surface area contributed by atoms with E-state index in [0.717, 1.165) is 5.56 Å². The SMILES string of the molecule is CCN(CC)S(=O)(=O)c1ccc(C(C)NC(=O)c2cc(=O)c3ccccc3o2)cc1. The number of para-hydroxylation sites is 1. The van der Waals surface area contributed by atoms with E-state index in [2.05, 4.69) is 5.32 Å². The lowest BCUT2D eigenvalue weighted by Gasteiger charge is -2.19. The Balaban J connectivity index is 1.78. The lowest BCUT2D eigenvalue weighted by molar-refractivity contribution is 0.0912. The van der Waals surface area contributed by atoms with Crippen LogP contribution in [-0.2, 0) is 10.0 Å². The fourth-order valence-corrected chi connectivity index (χ4v) is 4.67. The quantitative estimate of drug-likeness (QED) is 0.623. The van der Waals surface area contributed by atoms with Gasteiger partial charge in [0, 0.05) is 19.2 Å². The van der Waals surface area contributed by atoms with Crippen molar-refractivity contribution in [2.75, 3.05) is 13.1 Å². The van der Waals surface area contributed by atoms with Gasteiger partial charge in [-0.25, -0.2) is 8.42 Å². The van der Waals surface area contributed by atoms with E-state index < -0.39 is 22.0 Å². The Morgan fingerprint density at radius 2 is 1.70 bits per heavy atom. The van der Waals surface area contributed by atoms with Gasteiger partial charge in [-0.3, -0.25) is 9.59 Å². The summed E-state index contributed by atoms with van der Waals surface area (Å²) in [6.45, 7) is 6.13. The summed E-state index contributed by atoms with van der Waals surface area (Å²) >= 11 is 0. The first-order valence-electron chi connectivity index (χ1n) is 9.71. The molecule has 0 fully saturated rings. The van der Waals surface area contributed by atoms with Crippen molar-refractivity contribution >= 4 is 26.9 Å². The largest absolute Gasteiger partial charge is 0.451 e. The van der Waals surface area contributed by atoms with Crippen molar-refractivity contribution in [2.45, 2.75) is 31.7 Å². The van der Waals surface area contributed by atoms with Gasteiger partial charge in [-0.05, 0) is 36.8 Å². The summed E-state index contributed by atoms with van der Waals surface area (Å²) in [5, 5.41) is 3.19. The van der Waals surface area contributed by atoms with Crippen LogP contribution in [0, 0.1) is 0 Å². The molecule has 158 valence electrons. The second-order valence-corrected chi connectivity index (χ2v) is 8.76. The van der Waals surface area contributed by atoms with Gasteiger partial charge in [0.15, 0.2) is 11.2 Å². The van der Waals surface area contributed by atoms with Gasteiger partial charge in [0.2, 0.25) is 10.0 Å². The minimum absolute atomic E-state index is 0.0775. The number of carbonyl (C=O) groups is 1. The van der Waals surface area contributed by atoms with Crippen LogP contribution in [0.3, 0.4) is 0 Å². The van der Waals surface area contributed by atoms with Gasteiger partial charge in [0.1, 0.15) is 5.58 Å². The van der Waals surface area contributed by atoms with E-state index in [4.69, 9.17) is 4.42 Å². The molecule has 0 saturated heterocycles. The minimum atomic E-state index is -3.54. The molecular formula is C22H24N2O5S. The molecule has 2 aromatic carbocycles. The maximum Gasteiger partial charge on any atom is 0.287 e. The van der Waals surface area contributed by atoms with E-state index in [1.54, 1.807) is 57.2 Å². The maximum atomic E-state index is 12.6. The van der Waals surface area contributed by atoms with Gasteiger partial charge in [-0.1, -0.05) is 38.1 Å². The molecule has 0 saturated carbocycles. The molecule has 0 spiro atoms. The molecule has 0 aliphatic rings. The lowest BCUT2D eigenvalue weighted by Crippen LogP contribution is -2.30. The number of fused-ring (bicyclic) bond motifs is 1. The van der Waals surface area contributed by atoms with Crippen molar-refractivity contribution in [2.24, 2.45) is 0 Å². The van der Waals surface area contributed by atoms with E-state index in [9.17, 15) is 18.0 Å². The average Bonchev–Trinajstić information content (AvgIpc) is 2.74. The number of nitrogens with one attached hydrogen (secondary N) is 1. The first-order valence-corrected chi connectivity index (χ1v) is 11.2. The number of hydrogen-bond donors (Lipinski definition) is 1. The molecule has 1 atom stereocenters. The molecule has 0 bridgehead atoms. The third-order valence-electron chi connectivity index (χ3n) is 4.93. The molecule has 1 heterocycles. The topological polar surface area (TPSA) is 96.7 Å². The van der Waals surface area contributed by atoms with Gasteiger partial charge in [-0.2, -0.15) is 4.31 Å². The summed E-state index contributed by atoms with van der Waals surface area (Å²) < 4.78 is 32.1. The Labute approximate surface area is 175 Å². The highest BCUT2D eigenvalue weighted by Crippen LogP contribution is 2.20. The van der Waals surface area contributed by atoms with E-state index in [0.29, 0.717) is 24.1 Å². The van der Waals surface area contributed by atoms with Gasteiger partial charge in [-0.15, -0.1) is 0 Å². The van der Waals surface area contributed by atoms with Crippen molar-refractivity contribution in [1.29, 1.82) is 0 Å². The van der Waals surface area contributed by atoms with E-state index in [1.165, 1.54) is 22.5 Å². The minimum Gasteiger partial charge on any atom is -0.451 e. The predicted molar refractivity (Wildman–Crippen MR) is 115 cm³/mol. The van der Waals surface area contributed by atoms with Crippen LogP contribution in [0.5, 0.6) is 0 Å². The van der Waals surface area contributed by atoms with Crippen LogP contribution in [0.1, 0.15) is 42.9 Å². The molecule has 30 heavy (non-hydrogen) atoms. The zero-order valence-electron chi connectivity index (χ0n) is 17.1. The number of nitrogens with zero attached hydrogens (tertiary/aromatic N) is 1. The molecule has 7 nitrogen and oxygen atoms in total. The molecular weight excluding hydrogens is 404 g/mol. The molecule has 1 aromatic heterocycles. The molecule has 0 radical (unpaired) electrons. The Morgan fingerprint density at radius 3 is 2.33 bits per heavy atom. The summed E-state index contributed by atoms with van der Waals surface area (Å²) in [4.78, 5) is 25.0. The maximum absolute atomic E-state index is 12.6. The summed E-state index contributed by atoms with van der Waals surface area (Å²) in [6.07, 6.45) is 0. The lowest BCUT2D eigenvalue weighted by atomic mass is 10.1. The molecule has 8 heteroatoms. The first kappa shape index (κ1) is 21.7. The van der Waals surface area contributed by atoms with Crippen LogP contribution in [0.4, 0.5) is 0 Å². The molecule has 3 rings (SSSR count). The Hall–Kier alpha value is -2.97. The third-order valence-corrected chi connectivity index (χ3v) is 6.99. The number of carbonyl (C=O) groups excluding carboxylic acids is 1. The monoisotopic (exact) mass is 428 g/mol. The summed E-state index contributed by atoms with van der Waals surface area (Å²) in [5.74, 6) is -0.600. The second kappa shape index (κ2) is 8.81. The number of sulfonamides is 1.